The highest BCUT2D eigenvalue weighted by atomic mass is 16.3. The topological polar surface area (TPSA) is 20.2 Å². The highest BCUT2D eigenvalue weighted by molar-refractivity contribution is 4.89. The van der Waals surface area contributed by atoms with Gasteiger partial charge in [0.25, 0.3) is 0 Å². The molecule has 0 radical (unpaired) electrons. The SMILES string of the molecule is C=CC(O)C1CCCC1C. The summed E-state index contributed by atoms with van der Waals surface area (Å²) >= 11 is 0. The van der Waals surface area contributed by atoms with Crippen molar-refractivity contribution in [3.63, 3.8) is 0 Å². The van der Waals surface area contributed by atoms with Crippen molar-refractivity contribution in [2.75, 3.05) is 0 Å². The molecular weight excluding hydrogens is 124 g/mol. The summed E-state index contributed by atoms with van der Waals surface area (Å²) in [6.45, 7) is 5.80. The zero-order chi connectivity index (χ0) is 7.56. The lowest BCUT2D eigenvalue weighted by atomic mass is 9.92. The Balaban J connectivity index is 2.46. The van der Waals surface area contributed by atoms with Gasteiger partial charge in [-0.2, -0.15) is 0 Å². The van der Waals surface area contributed by atoms with Crippen LogP contribution in [0.1, 0.15) is 26.2 Å². The van der Waals surface area contributed by atoms with Crippen molar-refractivity contribution in [3.05, 3.63) is 12.7 Å². The third-order valence-electron chi connectivity index (χ3n) is 2.61. The average molecular weight is 140 g/mol. The summed E-state index contributed by atoms with van der Waals surface area (Å²) in [4.78, 5) is 0. The number of hydrogen-bond donors (Lipinski definition) is 1. The fourth-order valence-corrected chi connectivity index (χ4v) is 1.86. The van der Waals surface area contributed by atoms with E-state index in [-0.39, 0.29) is 6.10 Å². The molecule has 0 aliphatic heterocycles. The molecule has 0 aromatic rings. The van der Waals surface area contributed by atoms with Gasteiger partial charge in [0.05, 0.1) is 6.10 Å². The first kappa shape index (κ1) is 7.80. The summed E-state index contributed by atoms with van der Waals surface area (Å²) in [5.74, 6) is 1.17. The Kier molecular flexibility index (Phi) is 2.50. The molecule has 0 amide bonds. The number of aliphatic hydroxyl groups is 1. The van der Waals surface area contributed by atoms with Crippen molar-refractivity contribution < 1.29 is 5.11 Å². The third kappa shape index (κ3) is 1.40. The minimum absolute atomic E-state index is 0.266. The largest absolute Gasteiger partial charge is 0.389 e. The minimum atomic E-state index is -0.266. The van der Waals surface area contributed by atoms with Crippen LogP contribution in [-0.4, -0.2) is 11.2 Å². The van der Waals surface area contributed by atoms with E-state index in [2.05, 4.69) is 13.5 Å². The second-order valence-corrected chi connectivity index (χ2v) is 3.30. The Hall–Kier alpha value is -0.300. The van der Waals surface area contributed by atoms with Crippen LogP contribution in [0.25, 0.3) is 0 Å². The molecule has 1 N–H and O–H groups in total. The van der Waals surface area contributed by atoms with E-state index in [0.29, 0.717) is 11.8 Å². The van der Waals surface area contributed by atoms with Crippen LogP contribution >= 0.6 is 0 Å². The smallest absolute Gasteiger partial charge is 0.0749 e. The highest BCUT2D eigenvalue weighted by Crippen LogP contribution is 2.33. The van der Waals surface area contributed by atoms with Gasteiger partial charge in [0.2, 0.25) is 0 Å². The monoisotopic (exact) mass is 140 g/mol. The van der Waals surface area contributed by atoms with Crippen molar-refractivity contribution in [3.8, 4) is 0 Å². The van der Waals surface area contributed by atoms with E-state index in [4.69, 9.17) is 0 Å². The Morgan fingerprint density at radius 3 is 2.70 bits per heavy atom. The maximum atomic E-state index is 9.41. The molecule has 0 aromatic carbocycles. The van der Waals surface area contributed by atoms with Gasteiger partial charge in [-0.25, -0.2) is 0 Å². The van der Waals surface area contributed by atoms with Crippen molar-refractivity contribution in [2.24, 2.45) is 11.8 Å². The van der Waals surface area contributed by atoms with Gasteiger partial charge in [-0.05, 0) is 18.3 Å². The Bertz CT molecular complexity index is 120. The van der Waals surface area contributed by atoms with E-state index in [9.17, 15) is 5.11 Å². The van der Waals surface area contributed by atoms with Gasteiger partial charge in [0, 0.05) is 0 Å². The molecule has 1 rings (SSSR count). The standard InChI is InChI=1S/C9H16O/c1-3-9(10)8-6-4-5-7(8)2/h3,7-10H,1,4-6H2,2H3. The van der Waals surface area contributed by atoms with Crippen LogP contribution in [0.5, 0.6) is 0 Å². The van der Waals surface area contributed by atoms with Crippen LogP contribution in [0.2, 0.25) is 0 Å². The molecule has 0 saturated heterocycles. The van der Waals surface area contributed by atoms with Gasteiger partial charge in [0.15, 0.2) is 0 Å². The number of rotatable bonds is 2. The molecule has 1 heteroatoms. The minimum Gasteiger partial charge on any atom is -0.389 e. The van der Waals surface area contributed by atoms with Crippen LogP contribution in [0.4, 0.5) is 0 Å². The molecule has 0 spiro atoms. The molecule has 10 heavy (non-hydrogen) atoms. The van der Waals surface area contributed by atoms with E-state index in [1.165, 1.54) is 19.3 Å². The highest BCUT2D eigenvalue weighted by Gasteiger charge is 2.27. The van der Waals surface area contributed by atoms with E-state index in [1.54, 1.807) is 6.08 Å². The fourth-order valence-electron chi connectivity index (χ4n) is 1.86. The normalized spacial score (nSPS) is 35.8. The molecule has 1 saturated carbocycles. The van der Waals surface area contributed by atoms with Gasteiger partial charge < -0.3 is 5.11 Å². The van der Waals surface area contributed by atoms with E-state index < -0.39 is 0 Å². The van der Waals surface area contributed by atoms with Gasteiger partial charge in [-0.15, -0.1) is 6.58 Å². The first-order chi connectivity index (χ1) is 4.75. The van der Waals surface area contributed by atoms with Gasteiger partial charge in [-0.1, -0.05) is 25.8 Å². The van der Waals surface area contributed by atoms with Gasteiger partial charge in [-0.3, -0.25) is 0 Å². The summed E-state index contributed by atoms with van der Waals surface area (Å²) in [7, 11) is 0. The van der Waals surface area contributed by atoms with Crippen LogP contribution < -0.4 is 0 Å². The molecular formula is C9H16O. The Morgan fingerprint density at radius 2 is 2.30 bits per heavy atom. The zero-order valence-electron chi connectivity index (χ0n) is 6.59. The molecule has 1 nitrogen and oxygen atoms in total. The molecule has 1 aliphatic carbocycles. The summed E-state index contributed by atoms with van der Waals surface area (Å²) in [6.07, 6.45) is 5.12. The van der Waals surface area contributed by atoms with E-state index in [0.717, 1.165) is 0 Å². The summed E-state index contributed by atoms with van der Waals surface area (Å²) in [6, 6.07) is 0. The number of hydrogen-bond acceptors (Lipinski definition) is 1. The van der Waals surface area contributed by atoms with Crippen molar-refractivity contribution in [1.29, 1.82) is 0 Å². The lowest BCUT2D eigenvalue weighted by Crippen LogP contribution is -2.19. The van der Waals surface area contributed by atoms with Gasteiger partial charge >= 0.3 is 0 Å². The Labute approximate surface area is 62.8 Å². The lowest BCUT2D eigenvalue weighted by Gasteiger charge is -2.18. The molecule has 0 heterocycles. The Morgan fingerprint density at radius 1 is 1.60 bits per heavy atom. The second-order valence-electron chi connectivity index (χ2n) is 3.30. The maximum absolute atomic E-state index is 9.41. The predicted molar refractivity (Wildman–Crippen MR) is 42.7 cm³/mol. The summed E-state index contributed by atoms with van der Waals surface area (Å²) < 4.78 is 0. The third-order valence-corrected chi connectivity index (χ3v) is 2.61. The molecule has 0 bridgehead atoms. The second kappa shape index (κ2) is 3.20. The van der Waals surface area contributed by atoms with Crippen LogP contribution in [0.15, 0.2) is 12.7 Å². The van der Waals surface area contributed by atoms with Crippen LogP contribution in [0.3, 0.4) is 0 Å². The van der Waals surface area contributed by atoms with Crippen molar-refractivity contribution in [1.82, 2.24) is 0 Å². The predicted octanol–water partition coefficient (Wildman–Crippen LogP) is 1.97. The molecule has 3 atom stereocenters. The fraction of sp³-hybridized carbons (Fsp3) is 0.778. The summed E-state index contributed by atoms with van der Waals surface area (Å²) in [5, 5.41) is 9.41. The van der Waals surface area contributed by atoms with E-state index >= 15 is 0 Å². The quantitative estimate of drug-likeness (QED) is 0.581. The maximum Gasteiger partial charge on any atom is 0.0749 e. The van der Waals surface area contributed by atoms with Crippen molar-refractivity contribution in [2.45, 2.75) is 32.3 Å². The van der Waals surface area contributed by atoms with E-state index in [1.807, 2.05) is 0 Å². The molecule has 3 unspecified atom stereocenters. The average Bonchev–Trinajstić information content (AvgIpc) is 2.34. The van der Waals surface area contributed by atoms with Gasteiger partial charge in [0.1, 0.15) is 0 Å². The molecule has 1 aliphatic rings. The lowest BCUT2D eigenvalue weighted by molar-refractivity contribution is 0.132. The van der Waals surface area contributed by atoms with Crippen LogP contribution in [0, 0.1) is 11.8 Å². The molecule has 1 fully saturated rings. The molecule has 0 aromatic heterocycles. The first-order valence-corrected chi connectivity index (χ1v) is 4.06. The first-order valence-electron chi connectivity index (χ1n) is 4.06. The number of aliphatic hydroxyl groups excluding tert-OH is 1. The zero-order valence-corrected chi connectivity index (χ0v) is 6.59. The summed E-state index contributed by atoms with van der Waals surface area (Å²) in [5.41, 5.74) is 0. The van der Waals surface area contributed by atoms with Crippen molar-refractivity contribution >= 4 is 0 Å². The molecule has 58 valence electrons. The van der Waals surface area contributed by atoms with Crippen LogP contribution in [-0.2, 0) is 0 Å².